The van der Waals surface area contributed by atoms with E-state index in [2.05, 4.69) is 49.5 Å². The molecule has 4 nitrogen and oxygen atoms in total. The molecule has 0 radical (unpaired) electrons. The fourth-order valence-electron chi connectivity index (χ4n) is 2.95. The minimum atomic E-state index is -0.178. The second kappa shape index (κ2) is 8.38. The monoisotopic (exact) mass is 364 g/mol. The van der Waals surface area contributed by atoms with Gasteiger partial charge in [0, 0.05) is 11.3 Å². The molecule has 0 atom stereocenters. The number of rotatable bonds is 7. The Labute approximate surface area is 161 Å². The number of hydrogen-bond acceptors (Lipinski definition) is 3. The van der Waals surface area contributed by atoms with E-state index in [1.807, 2.05) is 31.2 Å². The summed E-state index contributed by atoms with van der Waals surface area (Å²) in [6.45, 7) is 8.84. The van der Waals surface area contributed by atoms with Crippen LogP contribution in [0.15, 0.2) is 47.6 Å². The summed E-state index contributed by atoms with van der Waals surface area (Å²) in [7, 11) is 0. The summed E-state index contributed by atoms with van der Waals surface area (Å²) in [6.07, 6.45) is 2.36. The maximum absolute atomic E-state index is 12.2. The molecule has 1 aliphatic rings. The van der Waals surface area contributed by atoms with Crippen LogP contribution in [0, 0.1) is 12.8 Å². The van der Waals surface area contributed by atoms with Gasteiger partial charge in [-0.1, -0.05) is 38.1 Å². The van der Waals surface area contributed by atoms with E-state index >= 15 is 0 Å². The standard InChI is InChI=1S/C23H28N2O2/c1-15(2)21-12-5-16(3)13-22(21)27-14-18-6-8-20(9-7-18)23(26)25-24-17(4)19-10-11-19/h5-9,12-13,15,19H,10-11,14H2,1-4H3,(H,25,26)/b24-17+. The number of carbonyl (C=O) groups excluding carboxylic acids is 1. The Morgan fingerprint density at radius 1 is 1.19 bits per heavy atom. The van der Waals surface area contributed by atoms with Gasteiger partial charge in [0.25, 0.3) is 5.91 Å². The molecule has 142 valence electrons. The van der Waals surface area contributed by atoms with E-state index in [0.29, 0.717) is 24.0 Å². The molecule has 4 heteroatoms. The first kappa shape index (κ1) is 19.2. The zero-order chi connectivity index (χ0) is 19.4. The molecule has 1 N–H and O–H groups in total. The van der Waals surface area contributed by atoms with Crippen LogP contribution in [0.4, 0.5) is 0 Å². The number of hydrogen-bond donors (Lipinski definition) is 1. The van der Waals surface area contributed by atoms with E-state index in [4.69, 9.17) is 4.74 Å². The van der Waals surface area contributed by atoms with Gasteiger partial charge in [-0.3, -0.25) is 4.79 Å². The van der Waals surface area contributed by atoms with Crippen molar-refractivity contribution < 1.29 is 9.53 Å². The van der Waals surface area contributed by atoms with E-state index in [9.17, 15) is 4.79 Å². The minimum absolute atomic E-state index is 0.178. The Bertz CT molecular complexity index is 834. The molecule has 0 aromatic heterocycles. The van der Waals surface area contributed by atoms with Gasteiger partial charge in [-0.15, -0.1) is 0 Å². The molecule has 2 aromatic carbocycles. The van der Waals surface area contributed by atoms with Crippen molar-refractivity contribution in [2.24, 2.45) is 11.0 Å². The van der Waals surface area contributed by atoms with E-state index in [-0.39, 0.29) is 5.91 Å². The van der Waals surface area contributed by atoms with Gasteiger partial charge in [-0.2, -0.15) is 5.10 Å². The van der Waals surface area contributed by atoms with E-state index in [1.54, 1.807) is 0 Å². The third-order valence-electron chi connectivity index (χ3n) is 4.90. The number of hydrazone groups is 1. The van der Waals surface area contributed by atoms with Crippen molar-refractivity contribution in [3.8, 4) is 5.75 Å². The number of ether oxygens (including phenoxy) is 1. The van der Waals surface area contributed by atoms with Crippen LogP contribution in [0.2, 0.25) is 0 Å². The highest BCUT2D eigenvalue weighted by molar-refractivity contribution is 5.95. The summed E-state index contributed by atoms with van der Waals surface area (Å²) in [5.74, 6) is 1.72. The van der Waals surface area contributed by atoms with Crippen LogP contribution >= 0.6 is 0 Å². The van der Waals surface area contributed by atoms with E-state index in [1.165, 1.54) is 24.0 Å². The molecule has 0 saturated heterocycles. The Morgan fingerprint density at radius 2 is 1.89 bits per heavy atom. The highest BCUT2D eigenvalue weighted by Gasteiger charge is 2.24. The van der Waals surface area contributed by atoms with Crippen molar-refractivity contribution in [3.63, 3.8) is 0 Å². The highest BCUT2D eigenvalue weighted by atomic mass is 16.5. The number of amides is 1. The van der Waals surface area contributed by atoms with Crippen molar-refractivity contribution >= 4 is 11.6 Å². The lowest BCUT2D eigenvalue weighted by Crippen LogP contribution is -2.19. The summed E-state index contributed by atoms with van der Waals surface area (Å²) >= 11 is 0. The van der Waals surface area contributed by atoms with E-state index in [0.717, 1.165) is 17.0 Å². The third-order valence-corrected chi connectivity index (χ3v) is 4.90. The maximum Gasteiger partial charge on any atom is 0.271 e. The topological polar surface area (TPSA) is 50.7 Å². The lowest BCUT2D eigenvalue weighted by atomic mass is 10.0. The molecule has 1 fully saturated rings. The van der Waals surface area contributed by atoms with Crippen LogP contribution in [0.5, 0.6) is 5.75 Å². The van der Waals surface area contributed by atoms with Crippen LogP contribution in [0.25, 0.3) is 0 Å². The lowest BCUT2D eigenvalue weighted by Gasteiger charge is -2.15. The number of nitrogens with one attached hydrogen (secondary N) is 1. The van der Waals surface area contributed by atoms with Crippen LogP contribution in [0.3, 0.4) is 0 Å². The molecule has 27 heavy (non-hydrogen) atoms. The first-order valence-corrected chi connectivity index (χ1v) is 9.61. The molecule has 3 rings (SSSR count). The summed E-state index contributed by atoms with van der Waals surface area (Å²) in [6, 6.07) is 13.8. The maximum atomic E-state index is 12.2. The molecule has 0 unspecified atom stereocenters. The van der Waals surface area contributed by atoms with Crippen molar-refractivity contribution in [3.05, 3.63) is 64.7 Å². The summed E-state index contributed by atoms with van der Waals surface area (Å²) in [5, 5.41) is 4.19. The fraction of sp³-hybridized carbons (Fsp3) is 0.391. The summed E-state index contributed by atoms with van der Waals surface area (Å²) < 4.78 is 6.06. The number of nitrogens with zero attached hydrogens (tertiary/aromatic N) is 1. The Morgan fingerprint density at radius 3 is 2.52 bits per heavy atom. The number of aryl methyl sites for hydroxylation is 1. The Balaban J connectivity index is 1.60. The third kappa shape index (κ3) is 5.19. The molecular formula is C23H28N2O2. The molecule has 0 heterocycles. The van der Waals surface area contributed by atoms with Gasteiger partial charge in [-0.25, -0.2) is 5.43 Å². The quantitative estimate of drug-likeness (QED) is 0.541. The normalized spacial score (nSPS) is 14.3. The average molecular weight is 364 g/mol. The first-order valence-electron chi connectivity index (χ1n) is 9.61. The summed E-state index contributed by atoms with van der Waals surface area (Å²) in [5.41, 5.74) is 7.67. The van der Waals surface area contributed by atoms with Crippen LogP contribution in [0.1, 0.15) is 66.6 Å². The molecule has 1 amide bonds. The second-order valence-electron chi connectivity index (χ2n) is 7.65. The molecule has 1 aliphatic carbocycles. The molecular weight excluding hydrogens is 336 g/mol. The van der Waals surface area contributed by atoms with Crippen molar-refractivity contribution in [2.75, 3.05) is 0 Å². The zero-order valence-electron chi connectivity index (χ0n) is 16.6. The molecule has 0 bridgehead atoms. The Kier molecular flexibility index (Phi) is 5.94. The highest BCUT2D eigenvalue weighted by Crippen LogP contribution is 2.30. The van der Waals surface area contributed by atoms with Crippen molar-refractivity contribution in [1.29, 1.82) is 0 Å². The lowest BCUT2D eigenvalue weighted by molar-refractivity contribution is 0.0954. The largest absolute Gasteiger partial charge is 0.489 e. The van der Waals surface area contributed by atoms with Gasteiger partial charge < -0.3 is 4.74 Å². The van der Waals surface area contributed by atoms with Crippen molar-refractivity contribution in [2.45, 2.75) is 53.1 Å². The van der Waals surface area contributed by atoms with Gasteiger partial charge >= 0.3 is 0 Å². The van der Waals surface area contributed by atoms with E-state index < -0.39 is 0 Å². The second-order valence-corrected chi connectivity index (χ2v) is 7.65. The van der Waals surface area contributed by atoms with Gasteiger partial charge in [-0.05, 0) is 73.4 Å². The van der Waals surface area contributed by atoms with Crippen LogP contribution < -0.4 is 10.2 Å². The average Bonchev–Trinajstić information content (AvgIpc) is 3.49. The zero-order valence-corrected chi connectivity index (χ0v) is 16.6. The Hall–Kier alpha value is -2.62. The smallest absolute Gasteiger partial charge is 0.271 e. The molecule has 2 aromatic rings. The molecule has 1 saturated carbocycles. The van der Waals surface area contributed by atoms with Crippen molar-refractivity contribution in [1.82, 2.24) is 5.43 Å². The predicted molar refractivity (Wildman–Crippen MR) is 109 cm³/mol. The van der Waals surface area contributed by atoms with Crippen LogP contribution in [-0.4, -0.2) is 11.6 Å². The van der Waals surface area contributed by atoms with Crippen LogP contribution in [-0.2, 0) is 6.61 Å². The summed E-state index contributed by atoms with van der Waals surface area (Å²) in [4.78, 5) is 12.2. The minimum Gasteiger partial charge on any atom is -0.489 e. The van der Waals surface area contributed by atoms with Gasteiger partial charge in [0.1, 0.15) is 12.4 Å². The first-order chi connectivity index (χ1) is 12.9. The van der Waals surface area contributed by atoms with Gasteiger partial charge in [0.2, 0.25) is 0 Å². The SMILES string of the molecule is C/C(=N\NC(=O)c1ccc(COc2cc(C)ccc2C(C)C)cc1)C1CC1. The predicted octanol–water partition coefficient (Wildman–Crippen LogP) is 5.21. The molecule has 0 spiro atoms. The van der Waals surface area contributed by atoms with Gasteiger partial charge in [0.05, 0.1) is 0 Å². The number of carbonyl (C=O) groups is 1. The molecule has 0 aliphatic heterocycles. The fourth-order valence-corrected chi connectivity index (χ4v) is 2.95. The number of benzene rings is 2. The van der Waals surface area contributed by atoms with Gasteiger partial charge in [0.15, 0.2) is 0 Å².